The third kappa shape index (κ3) is 11.2. The average molecular weight is 227 g/mol. The number of aldehydes is 1. The Morgan fingerprint density at radius 3 is 2.50 bits per heavy atom. The summed E-state index contributed by atoms with van der Waals surface area (Å²) in [4.78, 5) is 21.4. The summed E-state index contributed by atoms with van der Waals surface area (Å²) in [5.41, 5.74) is 0. The molecule has 94 valence electrons. The molecular weight excluding hydrogens is 202 g/mol. The Morgan fingerprint density at radius 1 is 1.06 bits per heavy atom. The minimum absolute atomic E-state index is 0.173. The summed E-state index contributed by atoms with van der Waals surface area (Å²) in [6, 6.07) is 0. The fourth-order valence-corrected chi connectivity index (χ4v) is 1.56. The number of carbonyl (C=O) groups is 2. The molecule has 3 heteroatoms. The van der Waals surface area contributed by atoms with Crippen LogP contribution in [0.4, 0.5) is 0 Å². The zero-order chi connectivity index (χ0) is 12.1. The smallest absolute Gasteiger partial charge is 0.219 e. The lowest BCUT2D eigenvalue weighted by Gasteiger charge is -2.04. The standard InChI is InChI=1S/C13H25NO2/c1-2-3-8-11-14-13(16)10-7-5-4-6-9-12-15/h12H,2-11H2,1H3,(H,14,16). The molecule has 0 saturated carbocycles. The highest BCUT2D eigenvalue weighted by molar-refractivity contribution is 5.75. The van der Waals surface area contributed by atoms with Gasteiger partial charge in [-0.2, -0.15) is 0 Å². The number of amides is 1. The Bertz CT molecular complexity index is 181. The van der Waals surface area contributed by atoms with Crippen LogP contribution in [-0.2, 0) is 9.59 Å². The van der Waals surface area contributed by atoms with Gasteiger partial charge in [-0.15, -0.1) is 0 Å². The third-order valence-corrected chi connectivity index (χ3v) is 2.58. The van der Waals surface area contributed by atoms with E-state index in [1.807, 2.05) is 0 Å². The van der Waals surface area contributed by atoms with Crippen molar-refractivity contribution in [3.05, 3.63) is 0 Å². The van der Waals surface area contributed by atoms with E-state index in [1.165, 1.54) is 12.8 Å². The Labute approximate surface area is 99.0 Å². The minimum Gasteiger partial charge on any atom is -0.356 e. The van der Waals surface area contributed by atoms with Crippen LogP contribution in [0.25, 0.3) is 0 Å². The van der Waals surface area contributed by atoms with Crippen LogP contribution in [0.2, 0.25) is 0 Å². The zero-order valence-corrected chi connectivity index (χ0v) is 10.5. The van der Waals surface area contributed by atoms with Gasteiger partial charge in [0.2, 0.25) is 5.91 Å². The Balaban J connectivity index is 3.14. The van der Waals surface area contributed by atoms with Gasteiger partial charge in [0, 0.05) is 19.4 Å². The van der Waals surface area contributed by atoms with Crippen molar-refractivity contribution in [3.8, 4) is 0 Å². The summed E-state index contributed by atoms with van der Waals surface area (Å²) >= 11 is 0. The molecule has 0 bridgehead atoms. The molecule has 0 fully saturated rings. The average Bonchev–Trinajstić information content (AvgIpc) is 2.29. The van der Waals surface area contributed by atoms with Crippen LogP contribution in [0.1, 0.15) is 64.7 Å². The predicted molar refractivity (Wildman–Crippen MR) is 66.3 cm³/mol. The molecule has 0 aliphatic rings. The van der Waals surface area contributed by atoms with E-state index in [-0.39, 0.29) is 5.91 Å². The molecule has 0 aromatic rings. The maximum Gasteiger partial charge on any atom is 0.219 e. The number of nitrogens with one attached hydrogen (secondary N) is 1. The minimum atomic E-state index is 0.173. The molecule has 3 nitrogen and oxygen atoms in total. The molecule has 1 amide bonds. The Hall–Kier alpha value is -0.860. The van der Waals surface area contributed by atoms with E-state index in [1.54, 1.807) is 0 Å². The van der Waals surface area contributed by atoms with Crippen molar-refractivity contribution in [2.75, 3.05) is 6.54 Å². The first-order valence-corrected chi connectivity index (χ1v) is 6.51. The fourth-order valence-electron chi connectivity index (χ4n) is 1.56. The SMILES string of the molecule is CCCCCNC(=O)CCCCCCC=O. The molecule has 0 aliphatic heterocycles. The quantitative estimate of drug-likeness (QED) is 0.436. The molecule has 0 atom stereocenters. The molecule has 0 spiro atoms. The molecule has 0 heterocycles. The van der Waals surface area contributed by atoms with Crippen molar-refractivity contribution in [3.63, 3.8) is 0 Å². The molecule has 0 aromatic heterocycles. The van der Waals surface area contributed by atoms with E-state index in [9.17, 15) is 9.59 Å². The molecule has 0 saturated heterocycles. The highest BCUT2D eigenvalue weighted by Crippen LogP contribution is 2.04. The summed E-state index contributed by atoms with van der Waals surface area (Å²) in [6.45, 7) is 2.97. The highest BCUT2D eigenvalue weighted by Gasteiger charge is 1.99. The first-order valence-electron chi connectivity index (χ1n) is 6.51. The highest BCUT2D eigenvalue weighted by atomic mass is 16.1. The maximum atomic E-state index is 11.3. The second kappa shape index (κ2) is 12.2. The van der Waals surface area contributed by atoms with Gasteiger partial charge in [0.1, 0.15) is 6.29 Å². The van der Waals surface area contributed by atoms with Crippen LogP contribution in [0.15, 0.2) is 0 Å². The lowest BCUT2D eigenvalue weighted by atomic mass is 10.1. The number of unbranched alkanes of at least 4 members (excludes halogenated alkanes) is 6. The summed E-state index contributed by atoms with van der Waals surface area (Å²) < 4.78 is 0. The largest absolute Gasteiger partial charge is 0.356 e. The monoisotopic (exact) mass is 227 g/mol. The lowest BCUT2D eigenvalue weighted by molar-refractivity contribution is -0.121. The van der Waals surface area contributed by atoms with Gasteiger partial charge in [-0.1, -0.05) is 32.6 Å². The summed E-state index contributed by atoms with van der Waals surface area (Å²) in [5, 5.41) is 2.92. The topological polar surface area (TPSA) is 46.2 Å². The van der Waals surface area contributed by atoms with E-state index in [4.69, 9.17) is 0 Å². The van der Waals surface area contributed by atoms with Crippen LogP contribution in [-0.4, -0.2) is 18.7 Å². The van der Waals surface area contributed by atoms with Crippen LogP contribution < -0.4 is 5.32 Å². The predicted octanol–water partition coefficient (Wildman–Crippen LogP) is 2.83. The van der Waals surface area contributed by atoms with Gasteiger partial charge in [-0.25, -0.2) is 0 Å². The maximum absolute atomic E-state index is 11.3. The Morgan fingerprint density at radius 2 is 1.81 bits per heavy atom. The van der Waals surface area contributed by atoms with Crippen molar-refractivity contribution in [1.82, 2.24) is 5.32 Å². The van der Waals surface area contributed by atoms with E-state index in [0.29, 0.717) is 12.8 Å². The van der Waals surface area contributed by atoms with Gasteiger partial charge in [0.05, 0.1) is 0 Å². The molecular formula is C13H25NO2. The van der Waals surface area contributed by atoms with Crippen molar-refractivity contribution in [2.45, 2.75) is 64.7 Å². The lowest BCUT2D eigenvalue weighted by Crippen LogP contribution is -2.23. The molecule has 0 unspecified atom stereocenters. The molecule has 1 N–H and O–H groups in total. The molecule has 16 heavy (non-hydrogen) atoms. The van der Waals surface area contributed by atoms with E-state index in [0.717, 1.165) is 44.9 Å². The van der Waals surface area contributed by atoms with E-state index in [2.05, 4.69) is 12.2 Å². The van der Waals surface area contributed by atoms with Crippen LogP contribution in [0.5, 0.6) is 0 Å². The number of rotatable bonds is 11. The molecule has 0 aliphatic carbocycles. The third-order valence-electron chi connectivity index (χ3n) is 2.58. The van der Waals surface area contributed by atoms with Crippen molar-refractivity contribution < 1.29 is 9.59 Å². The van der Waals surface area contributed by atoms with Gasteiger partial charge in [0.25, 0.3) is 0 Å². The normalized spacial score (nSPS) is 10.1. The van der Waals surface area contributed by atoms with Gasteiger partial charge in [-0.3, -0.25) is 4.79 Å². The first kappa shape index (κ1) is 15.1. The first-order chi connectivity index (χ1) is 7.81. The van der Waals surface area contributed by atoms with Gasteiger partial charge >= 0.3 is 0 Å². The van der Waals surface area contributed by atoms with Crippen LogP contribution >= 0.6 is 0 Å². The van der Waals surface area contributed by atoms with Crippen LogP contribution in [0.3, 0.4) is 0 Å². The van der Waals surface area contributed by atoms with E-state index >= 15 is 0 Å². The molecule has 0 aromatic carbocycles. The second-order valence-corrected chi connectivity index (χ2v) is 4.18. The van der Waals surface area contributed by atoms with Gasteiger partial charge in [0.15, 0.2) is 0 Å². The van der Waals surface area contributed by atoms with Crippen molar-refractivity contribution in [1.29, 1.82) is 0 Å². The number of carbonyl (C=O) groups excluding carboxylic acids is 2. The van der Waals surface area contributed by atoms with E-state index < -0.39 is 0 Å². The zero-order valence-electron chi connectivity index (χ0n) is 10.5. The second-order valence-electron chi connectivity index (χ2n) is 4.18. The molecule has 0 radical (unpaired) electrons. The summed E-state index contributed by atoms with van der Waals surface area (Å²) in [6.07, 6.45) is 9.72. The van der Waals surface area contributed by atoms with Crippen molar-refractivity contribution >= 4 is 12.2 Å². The number of hydrogen-bond donors (Lipinski definition) is 1. The van der Waals surface area contributed by atoms with Crippen molar-refractivity contribution in [2.24, 2.45) is 0 Å². The molecule has 0 rings (SSSR count). The summed E-state index contributed by atoms with van der Waals surface area (Å²) in [7, 11) is 0. The fraction of sp³-hybridized carbons (Fsp3) is 0.846. The Kier molecular flexibility index (Phi) is 11.6. The van der Waals surface area contributed by atoms with Gasteiger partial charge < -0.3 is 10.1 Å². The summed E-state index contributed by atoms with van der Waals surface area (Å²) in [5.74, 6) is 0.173. The van der Waals surface area contributed by atoms with Crippen LogP contribution in [0, 0.1) is 0 Å². The van der Waals surface area contributed by atoms with Gasteiger partial charge in [-0.05, 0) is 19.3 Å². The number of hydrogen-bond acceptors (Lipinski definition) is 2.